The lowest BCUT2D eigenvalue weighted by Crippen LogP contribution is -2.34. The van der Waals surface area contributed by atoms with E-state index in [0.29, 0.717) is 18.0 Å². The minimum Gasteiger partial charge on any atom is -0.491 e. The Morgan fingerprint density at radius 2 is 1.59 bits per heavy atom. The number of hydrogen-bond acceptors (Lipinski definition) is 5. The summed E-state index contributed by atoms with van der Waals surface area (Å²) >= 11 is 0. The molecule has 0 amide bonds. The van der Waals surface area contributed by atoms with Crippen molar-refractivity contribution < 1.29 is 18.1 Å². The van der Waals surface area contributed by atoms with Crippen LogP contribution in [0.2, 0.25) is 0 Å². The number of sulfonamides is 1. The standard InChI is InChI=1S/C21H18N2O5S/c24-23(25)18-10-12-19(13-11-18)29(26,27)22-14-17(16-6-2-1-3-7-16)15-28-21-9-5-4-8-20(21)22/h1-13,17H,14-15H2. The molecule has 148 valence electrons. The summed E-state index contributed by atoms with van der Waals surface area (Å²) in [5.74, 6) is 0.313. The molecule has 8 heteroatoms. The number of para-hydroxylation sites is 2. The minimum atomic E-state index is -3.95. The van der Waals surface area contributed by atoms with Gasteiger partial charge in [-0.3, -0.25) is 14.4 Å². The molecule has 29 heavy (non-hydrogen) atoms. The normalized spacial score (nSPS) is 16.4. The average Bonchev–Trinajstić information content (AvgIpc) is 2.95. The first-order chi connectivity index (χ1) is 14.0. The van der Waals surface area contributed by atoms with Crippen LogP contribution in [-0.2, 0) is 10.0 Å². The van der Waals surface area contributed by atoms with E-state index < -0.39 is 14.9 Å². The van der Waals surface area contributed by atoms with Crippen molar-refractivity contribution in [2.24, 2.45) is 0 Å². The zero-order chi connectivity index (χ0) is 20.4. The van der Waals surface area contributed by atoms with Crippen molar-refractivity contribution >= 4 is 21.4 Å². The van der Waals surface area contributed by atoms with Crippen molar-refractivity contribution in [3.63, 3.8) is 0 Å². The predicted molar refractivity (Wildman–Crippen MR) is 109 cm³/mol. The molecule has 0 aliphatic carbocycles. The van der Waals surface area contributed by atoms with Gasteiger partial charge in [0.2, 0.25) is 0 Å². The van der Waals surface area contributed by atoms with E-state index in [-0.39, 0.29) is 23.0 Å². The zero-order valence-corrected chi connectivity index (χ0v) is 16.2. The fourth-order valence-electron chi connectivity index (χ4n) is 3.35. The van der Waals surface area contributed by atoms with E-state index in [1.54, 1.807) is 24.3 Å². The highest BCUT2D eigenvalue weighted by atomic mass is 32.2. The lowest BCUT2D eigenvalue weighted by Gasteiger charge is -2.26. The monoisotopic (exact) mass is 410 g/mol. The largest absolute Gasteiger partial charge is 0.491 e. The molecule has 0 saturated carbocycles. The molecule has 0 aromatic heterocycles. The third-order valence-electron chi connectivity index (χ3n) is 4.87. The lowest BCUT2D eigenvalue weighted by atomic mass is 10.0. The number of rotatable bonds is 4. The maximum atomic E-state index is 13.5. The van der Waals surface area contributed by atoms with Gasteiger partial charge in [0, 0.05) is 24.6 Å². The molecule has 0 radical (unpaired) electrons. The smallest absolute Gasteiger partial charge is 0.269 e. The molecule has 0 N–H and O–H groups in total. The Hall–Kier alpha value is -3.39. The average molecular weight is 410 g/mol. The second-order valence-electron chi connectivity index (χ2n) is 6.67. The number of nitro groups is 1. The fraction of sp³-hybridized carbons (Fsp3) is 0.143. The summed E-state index contributed by atoms with van der Waals surface area (Å²) in [6.45, 7) is 0.535. The fourth-order valence-corrected chi connectivity index (χ4v) is 4.87. The van der Waals surface area contributed by atoms with Crippen molar-refractivity contribution in [3.05, 3.63) is 94.5 Å². The predicted octanol–water partition coefficient (Wildman–Crippen LogP) is 3.97. The van der Waals surface area contributed by atoms with Crippen LogP contribution in [0.3, 0.4) is 0 Å². The van der Waals surface area contributed by atoms with E-state index in [0.717, 1.165) is 5.56 Å². The first kappa shape index (κ1) is 18.9. The maximum Gasteiger partial charge on any atom is 0.269 e. The summed E-state index contributed by atoms with van der Waals surface area (Å²) in [5, 5.41) is 10.9. The van der Waals surface area contributed by atoms with E-state index in [2.05, 4.69) is 0 Å². The molecule has 1 aliphatic rings. The van der Waals surface area contributed by atoms with Crippen LogP contribution in [0.25, 0.3) is 0 Å². The van der Waals surface area contributed by atoms with Gasteiger partial charge in [-0.25, -0.2) is 8.42 Å². The van der Waals surface area contributed by atoms with Gasteiger partial charge in [-0.1, -0.05) is 42.5 Å². The highest BCUT2D eigenvalue weighted by molar-refractivity contribution is 7.92. The number of anilines is 1. The molecule has 4 rings (SSSR count). The van der Waals surface area contributed by atoms with Gasteiger partial charge in [-0.15, -0.1) is 0 Å². The Labute approximate surface area is 168 Å². The van der Waals surface area contributed by atoms with Gasteiger partial charge in [-0.05, 0) is 29.8 Å². The summed E-state index contributed by atoms with van der Waals surface area (Å²) in [5.41, 5.74) is 1.26. The summed E-state index contributed by atoms with van der Waals surface area (Å²) in [4.78, 5) is 10.3. The van der Waals surface area contributed by atoms with Crippen LogP contribution in [0.4, 0.5) is 11.4 Å². The molecule has 1 aliphatic heterocycles. The maximum absolute atomic E-state index is 13.5. The number of hydrogen-bond donors (Lipinski definition) is 0. The van der Waals surface area contributed by atoms with Crippen LogP contribution in [0, 0.1) is 10.1 Å². The molecule has 1 unspecified atom stereocenters. The first-order valence-electron chi connectivity index (χ1n) is 9.01. The Morgan fingerprint density at radius 1 is 0.931 bits per heavy atom. The van der Waals surface area contributed by atoms with Gasteiger partial charge >= 0.3 is 0 Å². The highest BCUT2D eigenvalue weighted by Gasteiger charge is 2.33. The number of nitro benzene ring substituents is 1. The molecule has 3 aromatic rings. The molecule has 1 heterocycles. The molecule has 1 atom stereocenters. The second-order valence-corrected chi connectivity index (χ2v) is 8.54. The van der Waals surface area contributed by atoms with E-state index in [1.165, 1.54) is 28.6 Å². The van der Waals surface area contributed by atoms with Gasteiger partial charge in [0.05, 0.1) is 22.1 Å². The molecule has 7 nitrogen and oxygen atoms in total. The van der Waals surface area contributed by atoms with Gasteiger partial charge in [0.1, 0.15) is 5.75 Å². The van der Waals surface area contributed by atoms with E-state index >= 15 is 0 Å². The molecular formula is C21H18N2O5S. The van der Waals surface area contributed by atoms with Gasteiger partial charge in [0.15, 0.2) is 0 Å². The number of ether oxygens (including phenoxy) is 1. The Bertz CT molecular complexity index is 1130. The molecule has 3 aromatic carbocycles. The molecular weight excluding hydrogens is 392 g/mol. The van der Waals surface area contributed by atoms with Crippen LogP contribution in [-0.4, -0.2) is 26.5 Å². The topological polar surface area (TPSA) is 89.8 Å². The van der Waals surface area contributed by atoms with Crippen molar-refractivity contribution in [1.82, 2.24) is 0 Å². The lowest BCUT2D eigenvalue weighted by molar-refractivity contribution is -0.384. The van der Waals surface area contributed by atoms with Crippen LogP contribution >= 0.6 is 0 Å². The number of nitrogens with zero attached hydrogens (tertiary/aromatic N) is 2. The molecule has 0 saturated heterocycles. The Balaban J connectivity index is 1.78. The highest BCUT2D eigenvalue weighted by Crippen LogP contribution is 2.37. The number of benzene rings is 3. The number of non-ortho nitro benzene ring substituents is 1. The van der Waals surface area contributed by atoms with E-state index in [4.69, 9.17) is 4.74 Å². The van der Waals surface area contributed by atoms with Gasteiger partial charge in [0.25, 0.3) is 15.7 Å². The Kier molecular flexibility index (Phi) is 4.94. The summed E-state index contributed by atoms with van der Waals surface area (Å²) in [7, 11) is -3.95. The van der Waals surface area contributed by atoms with Crippen LogP contribution in [0.5, 0.6) is 5.75 Å². The van der Waals surface area contributed by atoms with Crippen molar-refractivity contribution in [2.75, 3.05) is 17.5 Å². The third-order valence-corrected chi connectivity index (χ3v) is 6.66. The van der Waals surface area contributed by atoms with Crippen LogP contribution < -0.4 is 9.04 Å². The number of fused-ring (bicyclic) bond motifs is 1. The minimum absolute atomic E-state index is 0.00776. The zero-order valence-electron chi connectivity index (χ0n) is 15.3. The third kappa shape index (κ3) is 3.66. The van der Waals surface area contributed by atoms with Crippen molar-refractivity contribution in [1.29, 1.82) is 0 Å². The summed E-state index contributed by atoms with van der Waals surface area (Å²) in [6.07, 6.45) is 0. The Morgan fingerprint density at radius 3 is 2.28 bits per heavy atom. The molecule has 0 spiro atoms. The van der Waals surface area contributed by atoms with E-state index in [1.807, 2.05) is 30.3 Å². The quantitative estimate of drug-likeness (QED) is 0.480. The van der Waals surface area contributed by atoms with Crippen LogP contribution in [0.15, 0.2) is 83.8 Å². The van der Waals surface area contributed by atoms with Crippen molar-refractivity contribution in [3.8, 4) is 5.75 Å². The summed E-state index contributed by atoms with van der Waals surface area (Å²) < 4.78 is 34.2. The molecule has 0 fully saturated rings. The molecule has 0 bridgehead atoms. The summed E-state index contributed by atoms with van der Waals surface area (Å²) in [6, 6.07) is 21.5. The van der Waals surface area contributed by atoms with Gasteiger partial charge in [-0.2, -0.15) is 0 Å². The van der Waals surface area contributed by atoms with Crippen LogP contribution in [0.1, 0.15) is 11.5 Å². The van der Waals surface area contributed by atoms with Crippen molar-refractivity contribution in [2.45, 2.75) is 10.8 Å². The van der Waals surface area contributed by atoms with Gasteiger partial charge < -0.3 is 4.74 Å². The first-order valence-corrected chi connectivity index (χ1v) is 10.4. The second kappa shape index (κ2) is 7.56. The van der Waals surface area contributed by atoms with E-state index in [9.17, 15) is 18.5 Å². The SMILES string of the molecule is O=[N+]([O-])c1ccc(S(=O)(=O)N2CC(c3ccccc3)COc3ccccc32)cc1.